The number of aliphatic carboxylic acids is 4. The minimum Gasteiger partial charge on any atom is -0.481 e. The summed E-state index contributed by atoms with van der Waals surface area (Å²) in [5.41, 5.74) is -2.80. The molecule has 0 radical (unpaired) electrons. The van der Waals surface area contributed by atoms with E-state index in [4.69, 9.17) is 79.1 Å². The molecule has 16 N–H and O–H groups in total. The fourth-order valence-electron chi connectivity index (χ4n) is 2.12. The smallest absolute Gasteiger partial charge is 0.342 e. The monoisotopic (exact) mass is 732 g/mol. The van der Waals surface area contributed by atoms with Crippen molar-refractivity contribution in [1.29, 1.82) is 0 Å². The molecule has 26 nitrogen and oxygen atoms in total. The lowest BCUT2D eigenvalue weighted by Gasteiger charge is -2.28. The standard InChI is InChI=1S/C5H7O9P.C2H10O12P4.C2H5O5P/c6-3(7)1(4(8)9)2(5(10)11)15(12,13)14;3-15(4,5)1(16(6,7)8)2(17(9,10)11)18(12,13)14;3-2(4)1-8(5,6)7/h1-2H,(H,6,7)(H,8,9)(H,10,11)(H2,12,13,14);1-2H,(H2,3,4,5)(H2,6,7,8)(H2,9,10,11)(H2,12,13,14);1H2,(H,3,4)(H2,5,6,7). The van der Waals surface area contributed by atoms with Crippen LogP contribution in [0.4, 0.5) is 0 Å². The first-order chi connectivity index (χ1) is 17.5. The third-order valence-electron chi connectivity index (χ3n) is 3.45. The lowest BCUT2D eigenvalue weighted by molar-refractivity contribution is -0.159. The normalized spacial score (nSPS) is 13.9. The Balaban J connectivity index is -0.000000566. The number of hydrogen-bond donors (Lipinski definition) is 16. The zero-order chi connectivity index (χ0) is 34.3. The Morgan fingerprint density at radius 3 is 0.732 bits per heavy atom. The first-order valence-electron chi connectivity index (χ1n) is 8.70. The van der Waals surface area contributed by atoms with Crippen LogP contribution in [0, 0.1) is 5.92 Å². The van der Waals surface area contributed by atoms with Crippen LogP contribution in [-0.4, -0.2) is 126 Å². The maximum Gasteiger partial charge on any atom is 0.342 e. The molecule has 32 heteroatoms. The van der Waals surface area contributed by atoms with Crippen molar-refractivity contribution in [2.75, 3.05) is 6.16 Å². The highest BCUT2D eigenvalue weighted by Crippen LogP contribution is 2.74. The van der Waals surface area contributed by atoms with Crippen LogP contribution in [0.5, 0.6) is 0 Å². The van der Waals surface area contributed by atoms with Crippen LogP contribution in [-0.2, 0) is 46.6 Å². The van der Waals surface area contributed by atoms with Crippen molar-refractivity contribution in [3.8, 4) is 0 Å². The van der Waals surface area contributed by atoms with Gasteiger partial charge >= 0.3 is 69.5 Å². The van der Waals surface area contributed by atoms with E-state index in [9.17, 15) is 46.6 Å². The fraction of sp³-hybridized carbons (Fsp3) is 0.556. The molecule has 41 heavy (non-hydrogen) atoms. The third-order valence-corrected chi connectivity index (χ3v) is 13.9. The Morgan fingerprint density at radius 1 is 0.439 bits per heavy atom. The minimum absolute atomic E-state index is 1.09. The second-order valence-electron chi connectivity index (χ2n) is 6.93. The van der Waals surface area contributed by atoms with Gasteiger partial charge in [0.1, 0.15) is 6.16 Å². The maximum absolute atomic E-state index is 10.8. The molecule has 0 aromatic carbocycles. The van der Waals surface area contributed by atoms with E-state index in [0.29, 0.717) is 0 Å². The Hall–Kier alpha value is -1.22. The highest BCUT2D eigenvalue weighted by Gasteiger charge is 2.62. The number of rotatable bonds is 12. The van der Waals surface area contributed by atoms with E-state index in [1.165, 1.54) is 0 Å². The van der Waals surface area contributed by atoms with Crippen LogP contribution in [0.1, 0.15) is 0 Å². The average Bonchev–Trinajstić information content (AvgIpc) is 2.56. The number of carboxylic acid groups (broad SMARTS) is 4. The molecule has 0 aliphatic heterocycles. The van der Waals surface area contributed by atoms with Gasteiger partial charge in [-0.25, -0.2) is 0 Å². The Kier molecular flexibility index (Phi) is 16.7. The Bertz CT molecular complexity index is 1140. The van der Waals surface area contributed by atoms with Crippen molar-refractivity contribution < 1.29 is 126 Å². The van der Waals surface area contributed by atoms with Crippen molar-refractivity contribution in [1.82, 2.24) is 0 Å². The second kappa shape index (κ2) is 15.5. The minimum atomic E-state index is -5.89. The summed E-state index contributed by atoms with van der Waals surface area (Å²) < 4.78 is 63.7. The van der Waals surface area contributed by atoms with E-state index in [0.717, 1.165) is 0 Å². The first kappa shape index (κ1) is 44.2. The largest absolute Gasteiger partial charge is 0.481 e. The van der Waals surface area contributed by atoms with Gasteiger partial charge < -0.3 is 79.1 Å². The molecule has 1 unspecified atom stereocenters. The van der Waals surface area contributed by atoms with E-state index in [2.05, 4.69) is 0 Å². The van der Waals surface area contributed by atoms with Gasteiger partial charge in [-0.3, -0.25) is 46.6 Å². The van der Waals surface area contributed by atoms with E-state index in [1.807, 2.05) is 0 Å². The van der Waals surface area contributed by atoms with Crippen LogP contribution in [0.15, 0.2) is 0 Å². The van der Waals surface area contributed by atoms with Crippen molar-refractivity contribution in [3.05, 3.63) is 0 Å². The van der Waals surface area contributed by atoms with E-state index < -0.39 is 98.0 Å². The van der Waals surface area contributed by atoms with Gasteiger partial charge in [-0.05, 0) is 0 Å². The number of hydrogen-bond acceptors (Lipinski definition) is 10. The van der Waals surface area contributed by atoms with Crippen LogP contribution >= 0.6 is 45.6 Å². The summed E-state index contributed by atoms with van der Waals surface area (Å²) in [6.45, 7) is 0. The average molecular weight is 732 g/mol. The lowest BCUT2D eigenvalue weighted by atomic mass is 10.1. The van der Waals surface area contributed by atoms with Gasteiger partial charge in [0.05, 0.1) is 0 Å². The van der Waals surface area contributed by atoms with Crippen LogP contribution in [0.3, 0.4) is 0 Å². The number of carboxylic acids is 4. The summed E-state index contributed by atoms with van der Waals surface area (Å²) in [5.74, 6) is -10.6. The molecule has 0 saturated carbocycles. The molecule has 0 heterocycles. The zero-order valence-electron chi connectivity index (χ0n) is 18.9. The van der Waals surface area contributed by atoms with E-state index in [-0.39, 0.29) is 0 Å². The molecule has 0 spiro atoms. The molecule has 0 rings (SSSR count). The molecule has 0 amide bonds. The van der Waals surface area contributed by atoms with Gasteiger partial charge in [-0.1, -0.05) is 0 Å². The van der Waals surface area contributed by atoms with Crippen molar-refractivity contribution in [2.24, 2.45) is 5.92 Å². The Morgan fingerprint density at radius 2 is 0.683 bits per heavy atom. The highest BCUT2D eigenvalue weighted by atomic mass is 31.3. The molecule has 0 aliphatic rings. The molecule has 1 atom stereocenters. The van der Waals surface area contributed by atoms with Crippen molar-refractivity contribution in [2.45, 2.75) is 16.5 Å². The molecule has 0 aromatic rings. The molecular weight excluding hydrogens is 710 g/mol. The zero-order valence-corrected chi connectivity index (χ0v) is 24.3. The van der Waals surface area contributed by atoms with Crippen LogP contribution in [0.2, 0.25) is 0 Å². The summed E-state index contributed by atoms with van der Waals surface area (Å²) in [6, 6.07) is 0. The SMILES string of the molecule is O=C(O)C(C(=O)O)C(C(=O)O)P(=O)(O)O.O=C(O)CP(=O)(O)O.O=P(O)(O)C(C(P(=O)(O)O)P(=O)(O)O)P(=O)(O)O. The van der Waals surface area contributed by atoms with E-state index in [1.54, 1.807) is 0 Å². The van der Waals surface area contributed by atoms with Gasteiger partial charge in [-0.15, -0.1) is 0 Å². The summed E-state index contributed by atoms with van der Waals surface area (Å²) in [6.07, 6.45) is -1.09. The van der Waals surface area contributed by atoms with Crippen LogP contribution in [0.25, 0.3) is 0 Å². The molecule has 0 fully saturated rings. The summed E-state index contributed by atoms with van der Waals surface area (Å²) in [4.78, 5) is 143. The topological polar surface area (TPSA) is 494 Å². The maximum atomic E-state index is 10.8. The number of carbonyl (C=O) groups is 4. The van der Waals surface area contributed by atoms with Crippen molar-refractivity contribution >= 4 is 69.5 Å². The molecule has 0 aliphatic carbocycles. The molecule has 0 bridgehead atoms. The van der Waals surface area contributed by atoms with Gasteiger partial charge in [0.25, 0.3) is 0 Å². The molecular formula is C9H22O26P6. The van der Waals surface area contributed by atoms with Gasteiger partial charge in [0.15, 0.2) is 22.4 Å². The fourth-order valence-corrected chi connectivity index (χ4v) is 12.1. The quantitative estimate of drug-likeness (QED) is 0.0671. The van der Waals surface area contributed by atoms with Crippen molar-refractivity contribution in [3.63, 3.8) is 0 Å². The summed E-state index contributed by atoms with van der Waals surface area (Å²) in [7, 11) is -33.3. The van der Waals surface area contributed by atoms with E-state index >= 15 is 0 Å². The van der Waals surface area contributed by atoms with Gasteiger partial charge in [0, 0.05) is 0 Å². The Labute approximate surface area is 224 Å². The predicted octanol–water partition coefficient (Wildman–Crippen LogP) is -4.00. The summed E-state index contributed by atoms with van der Waals surface area (Å²) >= 11 is 0. The van der Waals surface area contributed by atoms with Gasteiger partial charge in [-0.2, -0.15) is 0 Å². The third kappa shape index (κ3) is 18.1. The lowest BCUT2D eigenvalue weighted by Crippen LogP contribution is -2.40. The second-order valence-corrected chi connectivity index (χ2v) is 18.1. The highest BCUT2D eigenvalue weighted by molar-refractivity contribution is 7.78. The van der Waals surface area contributed by atoms with Crippen LogP contribution < -0.4 is 0 Å². The molecule has 0 aromatic heterocycles. The molecule has 244 valence electrons. The van der Waals surface area contributed by atoms with Gasteiger partial charge in [0.2, 0.25) is 0 Å². The predicted molar refractivity (Wildman–Crippen MR) is 123 cm³/mol. The summed E-state index contributed by atoms with van der Waals surface area (Å²) in [5, 5.41) is 25.8. The first-order valence-corrected chi connectivity index (χ1v) is 18.9. The molecule has 0 saturated heterocycles.